The van der Waals surface area contributed by atoms with E-state index in [1.807, 2.05) is 0 Å². The summed E-state index contributed by atoms with van der Waals surface area (Å²) in [5.74, 6) is 0.377. The van der Waals surface area contributed by atoms with E-state index in [9.17, 15) is 0 Å². The summed E-state index contributed by atoms with van der Waals surface area (Å²) in [4.78, 5) is 0. The molecule has 0 rings (SSSR count). The molecule has 0 saturated carbocycles. The van der Waals surface area contributed by atoms with E-state index in [-0.39, 0.29) is 6.10 Å². The zero-order valence-corrected chi connectivity index (χ0v) is 10.1. The van der Waals surface area contributed by atoms with Gasteiger partial charge in [-0.15, -0.1) is 0 Å². The van der Waals surface area contributed by atoms with Crippen molar-refractivity contribution in [1.29, 1.82) is 10.5 Å². The van der Waals surface area contributed by atoms with Crippen molar-refractivity contribution in [3.63, 3.8) is 0 Å². The Bertz CT molecular complexity index is 242. The quantitative estimate of drug-likeness (QED) is 0.446. The second-order valence-electron chi connectivity index (χ2n) is 3.95. The van der Waals surface area contributed by atoms with Crippen LogP contribution in [0.1, 0.15) is 46.0 Å². The van der Waals surface area contributed by atoms with E-state index < -0.39 is 0 Å². The van der Waals surface area contributed by atoms with E-state index in [1.54, 1.807) is 12.5 Å². The molecule has 90 valence electrons. The highest BCUT2D eigenvalue weighted by Crippen LogP contribution is 2.19. The van der Waals surface area contributed by atoms with Gasteiger partial charge in [-0.05, 0) is 25.2 Å². The Labute approximate surface area is 97.8 Å². The minimum Gasteiger partial charge on any atom is -0.428 e. The lowest BCUT2D eigenvalue weighted by atomic mass is 9.95. The zero-order valence-electron chi connectivity index (χ0n) is 10.1. The molecule has 0 aliphatic heterocycles. The highest BCUT2D eigenvalue weighted by Gasteiger charge is 2.18. The average molecular weight is 224 g/mol. The average Bonchev–Trinajstić information content (AvgIpc) is 2.30. The molecule has 0 N–H and O–H groups in total. The smallest absolute Gasteiger partial charge is 0.286 e. The van der Waals surface area contributed by atoms with Crippen LogP contribution in [0.5, 0.6) is 0 Å². The number of rotatable bonds is 9. The molecule has 0 spiro atoms. The summed E-state index contributed by atoms with van der Waals surface area (Å²) in [5, 5.41) is 16.8. The molecule has 0 amide bonds. The summed E-state index contributed by atoms with van der Waals surface area (Å²) in [5.41, 5.74) is 0. The van der Waals surface area contributed by atoms with E-state index in [0.717, 1.165) is 32.1 Å². The normalized spacial score (nSPS) is 13.2. The maximum absolute atomic E-state index is 8.56. The molecular formula is C12H20N2O2. The molecule has 0 aromatic heterocycles. The van der Waals surface area contributed by atoms with Crippen molar-refractivity contribution < 1.29 is 9.47 Å². The molecule has 0 aromatic carbocycles. The monoisotopic (exact) mass is 224 g/mol. The summed E-state index contributed by atoms with van der Waals surface area (Å²) in [6.07, 6.45) is 8.24. The molecule has 0 fully saturated rings. The maximum Gasteiger partial charge on any atom is 0.286 e. The van der Waals surface area contributed by atoms with Crippen molar-refractivity contribution in [1.82, 2.24) is 0 Å². The Morgan fingerprint density at radius 1 is 1.12 bits per heavy atom. The van der Waals surface area contributed by atoms with Crippen LogP contribution >= 0.6 is 0 Å². The Hall–Kier alpha value is -1.42. The Balaban J connectivity index is 3.86. The van der Waals surface area contributed by atoms with Crippen LogP contribution in [-0.4, -0.2) is 12.7 Å². The predicted octanol–water partition coefficient (Wildman–Crippen LogP) is 2.96. The van der Waals surface area contributed by atoms with Crippen molar-refractivity contribution in [3.8, 4) is 12.5 Å². The molecule has 4 heteroatoms. The molecule has 2 atom stereocenters. The van der Waals surface area contributed by atoms with Crippen LogP contribution in [0.2, 0.25) is 0 Å². The molecule has 0 aliphatic carbocycles. The summed E-state index contributed by atoms with van der Waals surface area (Å²) >= 11 is 0. The Morgan fingerprint density at radius 2 is 1.88 bits per heavy atom. The largest absolute Gasteiger partial charge is 0.428 e. The topological polar surface area (TPSA) is 66.0 Å². The summed E-state index contributed by atoms with van der Waals surface area (Å²) in [6, 6.07) is 0. The number of nitriles is 2. The van der Waals surface area contributed by atoms with Gasteiger partial charge in [0.05, 0.1) is 0 Å². The van der Waals surface area contributed by atoms with Crippen LogP contribution in [0.25, 0.3) is 0 Å². The first-order chi connectivity index (χ1) is 7.76. The maximum atomic E-state index is 8.56. The molecular weight excluding hydrogens is 204 g/mol. The van der Waals surface area contributed by atoms with Gasteiger partial charge < -0.3 is 9.47 Å². The fourth-order valence-electron chi connectivity index (χ4n) is 1.64. The third-order valence-corrected chi connectivity index (χ3v) is 2.65. The van der Waals surface area contributed by atoms with Crippen molar-refractivity contribution >= 4 is 0 Å². The summed E-state index contributed by atoms with van der Waals surface area (Å²) in [7, 11) is 0. The van der Waals surface area contributed by atoms with Gasteiger partial charge in [0.15, 0.2) is 0 Å². The first kappa shape index (κ1) is 14.6. The fraction of sp³-hybridized carbons (Fsp3) is 0.833. The van der Waals surface area contributed by atoms with Gasteiger partial charge in [-0.1, -0.05) is 26.7 Å². The van der Waals surface area contributed by atoms with Gasteiger partial charge >= 0.3 is 0 Å². The molecule has 4 nitrogen and oxygen atoms in total. The van der Waals surface area contributed by atoms with Gasteiger partial charge in [-0.2, -0.15) is 10.5 Å². The summed E-state index contributed by atoms with van der Waals surface area (Å²) in [6.45, 7) is 4.65. The minimum absolute atomic E-state index is 0.0427. The minimum atomic E-state index is -0.0427. The molecule has 0 heterocycles. The highest BCUT2D eigenvalue weighted by atomic mass is 16.5. The van der Waals surface area contributed by atoms with Crippen LogP contribution in [0.15, 0.2) is 0 Å². The van der Waals surface area contributed by atoms with Gasteiger partial charge in [-0.3, -0.25) is 0 Å². The first-order valence-corrected chi connectivity index (χ1v) is 5.81. The zero-order chi connectivity index (χ0) is 12.2. The SMILES string of the molecule is CCCCC(C)C(CCCOC#N)OC#N. The lowest BCUT2D eigenvalue weighted by molar-refractivity contribution is 0.0854. The molecule has 16 heavy (non-hydrogen) atoms. The van der Waals surface area contributed by atoms with Crippen LogP contribution in [-0.2, 0) is 9.47 Å². The fourth-order valence-corrected chi connectivity index (χ4v) is 1.64. The van der Waals surface area contributed by atoms with E-state index in [1.165, 1.54) is 0 Å². The lowest BCUT2D eigenvalue weighted by Gasteiger charge is -2.20. The van der Waals surface area contributed by atoms with Gasteiger partial charge in [0, 0.05) is 0 Å². The van der Waals surface area contributed by atoms with E-state index in [4.69, 9.17) is 15.3 Å². The Morgan fingerprint density at radius 3 is 2.44 bits per heavy atom. The number of nitrogens with zero attached hydrogens (tertiary/aromatic N) is 2. The van der Waals surface area contributed by atoms with Crippen molar-refractivity contribution in [2.75, 3.05) is 6.61 Å². The number of hydrogen-bond donors (Lipinski definition) is 0. The van der Waals surface area contributed by atoms with E-state index in [0.29, 0.717) is 12.5 Å². The third kappa shape index (κ3) is 6.95. The molecule has 0 aromatic rings. The lowest BCUT2D eigenvalue weighted by Crippen LogP contribution is -2.20. The van der Waals surface area contributed by atoms with Crippen LogP contribution in [0.3, 0.4) is 0 Å². The second kappa shape index (κ2) is 10.1. The van der Waals surface area contributed by atoms with Crippen LogP contribution in [0.4, 0.5) is 0 Å². The molecule has 0 saturated heterocycles. The Kier molecular flexibility index (Phi) is 9.21. The molecule has 0 aliphatic rings. The van der Waals surface area contributed by atoms with Gasteiger partial charge in [-0.25, -0.2) is 0 Å². The van der Waals surface area contributed by atoms with Gasteiger partial charge in [0.2, 0.25) is 0 Å². The van der Waals surface area contributed by atoms with E-state index in [2.05, 4.69) is 18.6 Å². The number of hydrogen-bond acceptors (Lipinski definition) is 4. The molecule has 2 unspecified atom stereocenters. The summed E-state index contributed by atoms with van der Waals surface area (Å²) < 4.78 is 9.64. The van der Waals surface area contributed by atoms with Crippen molar-refractivity contribution in [2.45, 2.75) is 52.1 Å². The van der Waals surface area contributed by atoms with Crippen LogP contribution < -0.4 is 0 Å². The molecule has 0 radical (unpaired) electrons. The standard InChI is InChI=1S/C12H20N2O2/c1-3-4-6-11(2)12(16-10-14)7-5-8-15-9-13/h11-12H,3-8H2,1-2H3. The molecule has 0 bridgehead atoms. The highest BCUT2D eigenvalue weighted by molar-refractivity contribution is 4.70. The van der Waals surface area contributed by atoms with Gasteiger partial charge in [0.25, 0.3) is 12.5 Å². The first-order valence-electron chi connectivity index (χ1n) is 5.81. The van der Waals surface area contributed by atoms with Crippen molar-refractivity contribution in [3.05, 3.63) is 0 Å². The van der Waals surface area contributed by atoms with E-state index >= 15 is 0 Å². The number of unbranched alkanes of at least 4 members (excludes halogenated alkanes) is 1. The van der Waals surface area contributed by atoms with Crippen molar-refractivity contribution in [2.24, 2.45) is 5.92 Å². The third-order valence-electron chi connectivity index (χ3n) is 2.65. The predicted molar refractivity (Wildman–Crippen MR) is 60.0 cm³/mol. The van der Waals surface area contributed by atoms with Crippen LogP contribution in [0, 0.1) is 29.0 Å². The van der Waals surface area contributed by atoms with Gasteiger partial charge in [0.1, 0.15) is 12.7 Å². The number of ether oxygens (including phenoxy) is 2. The second-order valence-corrected chi connectivity index (χ2v) is 3.95.